The minimum Gasteiger partial charge on any atom is -0.384 e. The number of benzene rings is 2. The van der Waals surface area contributed by atoms with Gasteiger partial charge >= 0.3 is 0 Å². The summed E-state index contributed by atoms with van der Waals surface area (Å²) in [6.07, 6.45) is 0. The Morgan fingerprint density at radius 1 is 1.14 bits per heavy atom. The molecule has 2 aromatic carbocycles. The lowest BCUT2D eigenvalue weighted by Crippen LogP contribution is -2.02. The van der Waals surface area contributed by atoms with Crippen molar-refractivity contribution in [2.75, 3.05) is 5.73 Å². The maximum Gasteiger partial charge on any atom is 0.143 e. The SMILES string of the molecule is Cc1cccc(-c2cc(N)n(-c3ccc(Cl)c(F)c3)n2)c1. The summed E-state index contributed by atoms with van der Waals surface area (Å²) in [4.78, 5) is 0. The highest BCUT2D eigenvalue weighted by Gasteiger charge is 2.10. The summed E-state index contributed by atoms with van der Waals surface area (Å²) in [7, 11) is 0. The Hall–Kier alpha value is -2.33. The smallest absolute Gasteiger partial charge is 0.143 e. The van der Waals surface area contributed by atoms with Gasteiger partial charge in [0.15, 0.2) is 0 Å². The first-order valence-corrected chi connectivity index (χ1v) is 6.80. The summed E-state index contributed by atoms with van der Waals surface area (Å²) in [6.45, 7) is 2.01. The van der Waals surface area contributed by atoms with Crippen LogP contribution in [-0.2, 0) is 0 Å². The van der Waals surface area contributed by atoms with E-state index in [0.29, 0.717) is 11.5 Å². The third kappa shape index (κ3) is 2.62. The van der Waals surface area contributed by atoms with Gasteiger partial charge in [-0.15, -0.1) is 0 Å². The maximum atomic E-state index is 13.6. The number of hydrogen-bond donors (Lipinski definition) is 1. The van der Waals surface area contributed by atoms with Gasteiger partial charge in [-0.1, -0.05) is 35.4 Å². The molecule has 3 rings (SSSR count). The summed E-state index contributed by atoms with van der Waals surface area (Å²) >= 11 is 5.69. The van der Waals surface area contributed by atoms with Crippen molar-refractivity contribution < 1.29 is 4.39 Å². The fourth-order valence-electron chi connectivity index (χ4n) is 2.16. The number of halogens is 2. The standard InChI is InChI=1S/C16H13ClFN3/c1-10-3-2-4-11(7-10)15-9-16(19)21(20-15)12-5-6-13(17)14(18)8-12/h2-9H,19H2,1H3. The number of nitrogens with two attached hydrogens (primary N) is 1. The summed E-state index contributed by atoms with van der Waals surface area (Å²) in [5.41, 5.74) is 9.36. The number of nitrogens with zero attached hydrogens (tertiary/aromatic N) is 2. The van der Waals surface area contributed by atoms with Crippen molar-refractivity contribution in [3.05, 3.63) is 64.9 Å². The molecule has 0 amide bonds. The molecule has 0 fully saturated rings. The van der Waals surface area contributed by atoms with Gasteiger partial charge in [0.25, 0.3) is 0 Å². The van der Waals surface area contributed by atoms with Crippen LogP contribution in [0.5, 0.6) is 0 Å². The van der Waals surface area contributed by atoms with Crippen LogP contribution in [0.15, 0.2) is 48.5 Å². The lowest BCUT2D eigenvalue weighted by molar-refractivity contribution is 0.626. The fraction of sp³-hybridized carbons (Fsp3) is 0.0625. The highest BCUT2D eigenvalue weighted by Crippen LogP contribution is 2.25. The summed E-state index contributed by atoms with van der Waals surface area (Å²) in [6, 6.07) is 14.2. The molecule has 106 valence electrons. The molecule has 1 heterocycles. The van der Waals surface area contributed by atoms with Gasteiger partial charge in [0, 0.05) is 17.7 Å². The molecule has 0 saturated heterocycles. The summed E-state index contributed by atoms with van der Waals surface area (Å²) < 4.78 is 15.1. The second kappa shape index (κ2) is 5.22. The van der Waals surface area contributed by atoms with Gasteiger partial charge in [0.1, 0.15) is 11.6 Å². The zero-order chi connectivity index (χ0) is 15.0. The van der Waals surface area contributed by atoms with Crippen LogP contribution in [0.4, 0.5) is 10.2 Å². The number of hydrogen-bond acceptors (Lipinski definition) is 2. The zero-order valence-electron chi connectivity index (χ0n) is 11.3. The monoisotopic (exact) mass is 301 g/mol. The van der Waals surface area contributed by atoms with E-state index in [1.54, 1.807) is 12.1 Å². The van der Waals surface area contributed by atoms with E-state index < -0.39 is 5.82 Å². The van der Waals surface area contributed by atoms with Gasteiger partial charge < -0.3 is 5.73 Å². The Bertz CT molecular complexity index is 811. The predicted octanol–water partition coefficient (Wildman–Crippen LogP) is 4.22. The number of aromatic nitrogens is 2. The molecule has 3 nitrogen and oxygen atoms in total. The molecular weight excluding hydrogens is 289 g/mol. The van der Waals surface area contributed by atoms with Crippen LogP contribution in [0.1, 0.15) is 5.56 Å². The quantitative estimate of drug-likeness (QED) is 0.770. The average Bonchev–Trinajstić information content (AvgIpc) is 2.84. The molecule has 0 unspecified atom stereocenters. The topological polar surface area (TPSA) is 43.8 Å². The molecule has 5 heteroatoms. The minimum atomic E-state index is -0.499. The molecule has 0 saturated carbocycles. The maximum absolute atomic E-state index is 13.6. The molecule has 0 aliphatic rings. The fourth-order valence-corrected chi connectivity index (χ4v) is 2.28. The third-order valence-corrected chi connectivity index (χ3v) is 3.51. The van der Waals surface area contributed by atoms with Gasteiger partial charge in [-0.05, 0) is 25.1 Å². The van der Waals surface area contributed by atoms with E-state index in [1.165, 1.54) is 16.8 Å². The number of aryl methyl sites for hydroxylation is 1. The number of anilines is 1. The van der Waals surface area contributed by atoms with E-state index in [2.05, 4.69) is 5.10 Å². The molecular formula is C16H13ClFN3. The van der Waals surface area contributed by atoms with E-state index in [4.69, 9.17) is 17.3 Å². The van der Waals surface area contributed by atoms with Crippen molar-refractivity contribution in [3.63, 3.8) is 0 Å². The van der Waals surface area contributed by atoms with E-state index in [0.717, 1.165) is 16.8 Å². The Morgan fingerprint density at radius 3 is 2.67 bits per heavy atom. The first-order chi connectivity index (χ1) is 10.0. The van der Waals surface area contributed by atoms with Crippen molar-refractivity contribution in [2.45, 2.75) is 6.92 Å². The van der Waals surface area contributed by atoms with Gasteiger partial charge in [-0.2, -0.15) is 5.10 Å². The molecule has 0 radical (unpaired) electrons. The lowest BCUT2D eigenvalue weighted by atomic mass is 10.1. The second-order valence-corrected chi connectivity index (χ2v) is 5.24. The van der Waals surface area contributed by atoms with Crippen LogP contribution >= 0.6 is 11.6 Å². The van der Waals surface area contributed by atoms with Crippen molar-refractivity contribution in [1.82, 2.24) is 9.78 Å². The second-order valence-electron chi connectivity index (χ2n) is 4.83. The predicted molar refractivity (Wildman–Crippen MR) is 83.1 cm³/mol. The molecule has 0 spiro atoms. The molecule has 0 aliphatic heterocycles. The highest BCUT2D eigenvalue weighted by atomic mass is 35.5. The van der Waals surface area contributed by atoms with Gasteiger partial charge in [-0.25, -0.2) is 9.07 Å². The molecule has 1 aromatic heterocycles. The molecule has 3 aromatic rings. The minimum absolute atomic E-state index is 0.0726. The van der Waals surface area contributed by atoms with Crippen LogP contribution in [0.3, 0.4) is 0 Å². The number of rotatable bonds is 2. The Labute approximate surface area is 126 Å². The van der Waals surface area contributed by atoms with E-state index in [1.807, 2.05) is 31.2 Å². The van der Waals surface area contributed by atoms with Gasteiger partial charge in [-0.3, -0.25) is 0 Å². The van der Waals surface area contributed by atoms with E-state index >= 15 is 0 Å². The normalized spacial score (nSPS) is 10.8. The largest absolute Gasteiger partial charge is 0.384 e. The zero-order valence-corrected chi connectivity index (χ0v) is 12.1. The third-order valence-electron chi connectivity index (χ3n) is 3.20. The average molecular weight is 302 g/mol. The molecule has 0 bridgehead atoms. The van der Waals surface area contributed by atoms with Crippen molar-refractivity contribution in [3.8, 4) is 16.9 Å². The van der Waals surface area contributed by atoms with E-state index in [9.17, 15) is 4.39 Å². The molecule has 21 heavy (non-hydrogen) atoms. The number of nitrogen functional groups attached to an aromatic ring is 1. The first kappa shape index (κ1) is 13.6. The summed E-state index contributed by atoms with van der Waals surface area (Å²) in [5.74, 6) is -0.0607. The first-order valence-electron chi connectivity index (χ1n) is 6.42. The van der Waals surface area contributed by atoms with Crippen LogP contribution in [0.25, 0.3) is 16.9 Å². The highest BCUT2D eigenvalue weighted by molar-refractivity contribution is 6.30. The van der Waals surface area contributed by atoms with Crippen LogP contribution in [0, 0.1) is 12.7 Å². The van der Waals surface area contributed by atoms with Gasteiger partial charge in [0.05, 0.1) is 16.4 Å². The Kier molecular flexibility index (Phi) is 3.39. The molecule has 2 N–H and O–H groups in total. The lowest BCUT2D eigenvalue weighted by Gasteiger charge is -2.04. The summed E-state index contributed by atoms with van der Waals surface area (Å²) in [5, 5.41) is 4.52. The van der Waals surface area contributed by atoms with Crippen LogP contribution in [-0.4, -0.2) is 9.78 Å². The van der Waals surface area contributed by atoms with Crippen LogP contribution in [0.2, 0.25) is 5.02 Å². The molecule has 0 aliphatic carbocycles. The Balaban J connectivity index is 2.07. The molecule has 0 atom stereocenters. The van der Waals surface area contributed by atoms with Crippen molar-refractivity contribution >= 4 is 17.4 Å². The van der Waals surface area contributed by atoms with Gasteiger partial charge in [0.2, 0.25) is 0 Å². The van der Waals surface area contributed by atoms with Crippen LogP contribution < -0.4 is 5.73 Å². The van der Waals surface area contributed by atoms with Crippen molar-refractivity contribution in [1.29, 1.82) is 0 Å². The van der Waals surface area contributed by atoms with E-state index in [-0.39, 0.29) is 5.02 Å². The Morgan fingerprint density at radius 2 is 1.95 bits per heavy atom. The van der Waals surface area contributed by atoms with Crippen molar-refractivity contribution in [2.24, 2.45) is 0 Å².